The summed E-state index contributed by atoms with van der Waals surface area (Å²) in [6, 6.07) is 15.7. The third-order valence-electron chi connectivity index (χ3n) is 7.62. The number of rotatable bonds is 10. The zero-order valence-corrected chi connectivity index (χ0v) is 22.9. The Balaban J connectivity index is 0.00000235. The van der Waals surface area contributed by atoms with E-state index in [9.17, 15) is 14.7 Å². The van der Waals surface area contributed by atoms with Crippen molar-refractivity contribution in [2.24, 2.45) is 5.73 Å². The lowest BCUT2D eigenvalue weighted by atomic mass is 9.56. The van der Waals surface area contributed by atoms with Gasteiger partial charge in [-0.15, -0.1) is 0 Å². The number of ether oxygens (including phenoxy) is 1. The Morgan fingerprint density at radius 1 is 1.24 bits per heavy atom. The van der Waals surface area contributed by atoms with Crippen molar-refractivity contribution in [3.63, 3.8) is 0 Å². The number of piperidine rings is 1. The highest BCUT2D eigenvalue weighted by molar-refractivity contribution is 5.87. The van der Waals surface area contributed by atoms with Gasteiger partial charge < -0.3 is 15.6 Å². The first-order valence-corrected chi connectivity index (χ1v) is 12.9. The van der Waals surface area contributed by atoms with Gasteiger partial charge in [-0.1, -0.05) is 61.9 Å². The van der Waals surface area contributed by atoms with Gasteiger partial charge in [0.2, 0.25) is 12.3 Å². The first-order chi connectivity index (χ1) is 17.8. The molecule has 1 heterocycles. The molecule has 202 valence electrons. The second-order valence-electron chi connectivity index (χ2n) is 9.53. The molecule has 1 aliphatic rings. The van der Waals surface area contributed by atoms with Gasteiger partial charge in [0.15, 0.2) is 0 Å². The van der Waals surface area contributed by atoms with Crippen molar-refractivity contribution < 1.29 is 19.4 Å². The van der Waals surface area contributed by atoms with Crippen LogP contribution in [0.15, 0.2) is 54.6 Å². The summed E-state index contributed by atoms with van der Waals surface area (Å²) in [6.45, 7) is 7.49. The van der Waals surface area contributed by atoms with E-state index in [2.05, 4.69) is 40.2 Å². The minimum absolute atomic E-state index is 0.0221. The predicted octanol–water partition coefficient (Wildman–Crippen LogP) is 3.82. The summed E-state index contributed by atoms with van der Waals surface area (Å²) in [5, 5.41) is 14.8. The number of nitrogens with one attached hydrogen (secondary N) is 1. The van der Waals surface area contributed by atoms with E-state index in [0.29, 0.717) is 38.1 Å². The molecule has 1 fully saturated rings. The van der Waals surface area contributed by atoms with Crippen LogP contribution in [0.4, 0.5) is 0 Å². The number of methoxy groups -OCH3 is 1. The quantitative estimate of drug-likeness (QED) is 0.421. The van der Waals surface area contributed by atoms with Crippen molar-refractivity contribution in [2.75, 3.05) is 27.2 Å². The number of imide groups is 1. The normalized spacial score (nSPS) is 23.7. The molecule has 3 atom stereocenters. The Morgan fingerprint density at radius 2 is 1.95 bits per heavy atom. The lowest BCUT2D eigenvalue weighted by Gasteiger charge is -2.58. The molecule has 2 aromatic rings. The van der Waals surface area contributed by atoms with E-state index < -0.39 is 11.0 Å². The van der Waals surface area contributed by atoms with Crippen LogP contribution in [0.5, 0.6) is 5.75 Å². The van der Waals surface area contributed by atoms with Crippen LogP contribution in [0, 0.1) is 6.92 Å². The zero-order valence-electron chi connectivity index (χ0n) is 22.9. The van der Waals surface area contributed by atoms with Crippen LogP contribution in [0.3, 0.4) is 0 Å². The molecule has 37 heavy (non-hydrogen) atoms. The summed E-state index contributed by atoms with van der Waals surface area (Å²) in [7, 11) is 3.11. The van der Waals surface area contributed by atoms with Gasteiger partial charge in [-0.05, 0) is 69.1 Å². The number of amides is 2. The lowest BCUT2D eigenvalue weighted by Crippen LogP contribution is -2.68. The predicted molar refractivity (Wildman–Crippen MR) is 149 cm³/mol. The van der Waals surface area contributed by atoms with E-state index in [1.165, 1.54) is 7.05 Å². The summed E-state index contributed by atoms with van der Waals surface area (Å²) in [5.41, 5.74) is 5.46. The number of carbonyl (C=O) groups excluding carboxylic acids is 2. The molecule has 2 amide bonds. The van der Waals surface area contributed by atoms with Crippen molar-refractivity contribution >= 4 is 18.4 Å². The molecule has 0 bridgehead atoms. The molecule has 7 heteroatoms. The van der Waals surface area contributed by atoms with Gasteiger partial charge in [0.05, 0.1) is 12.7 Å². The zero-order chi connectivity index (χ0) is 27.5. The summed E-state index contributed by atoms with van der Waals surface area (Å²) in [6.07, 6.45) is 6.52. The Bertz CT molecular complexity index is 1040. The molecule has 3 unspecified atom stereocenters. The maximum atomic E-state index is 12.9. The van der Waals surface area contributed by atoms with Crippen molar-refractivity contribution in [3.8, 4) is 5.75 Å². The third-order valence-corrected chi connectivity index (χ3v) is 7.62. The Hall–Kier alpha value is -3.00. The second-order valence-corrected chi connectivity index (χ2v) is 9.53. The largest absolute Gasteiger partial charge is 0.497 e. The SMILES string of the molecule is CCCC1(O)C(C)N(C/C=C/c2ccccc2)CCC1(CC(=O)NC=O)c1cc(OC)ccc1C.CN. The highest BCUT2D eigenvalue weighted by Gasteiger charge is 2.58. The average Bonchev–Trinajstić information content (AvgIpc) is 2.91. The number of hydrogen-bond acceptors (Lipinski definition) is 6. The number of aryl methyl sites for hydroxylation is 1. The number of carbonyl (C=O) groups is 2. The van der Waals surface area contributed by atoms with Crippen molar-refractivity contribution in [2.45, 2.75) is 63.5 Å². The molecule has 0 spiro atoms. The standard InChI is InChI=1S/C29H38N2O4.CH5N/c1-5-15-29(34)23(3)31(17-9-12-24-10-7-6-8-11-24)18-16-28(29,20-27(33)30-21-32)26-19-25(35-4)14-13-22(26)2;1-2/h6-14,19,21,23,34H,5,15-18,20H2,1-4H3,(H,30,32,33);2H2,1H3/b12-9+;. The monoisotopic (exact) mass is 509 g/mol. The maximum absolute atomic E-state index is 12.9. The van der Waals surface area contributed by atoms with E-state index in [-0.39, 0.29) is 18.4 Å². The minimum Gasteiger partial charge on any atom is -0.497 e. The van der Waals surface area contributed by atoms with Crippen molar-refractivity contribution in [1.29, 1.82) is 0 Å². The molecular weight excluding hydrogens is 466 g/mol. The first kappa shape index (κ1) is 30.2. The van der Waals surface area contributed by atoms with Crippen LogP contribution in [-0.2, 0) is 15.0 Å². The maximum Gasteiger partial charge on any atom is 0.227 e. The molecule has 2 aromatic carbocycles. The third kappa shape index (κ3) is 6.66. The van der Waals surface area contributed by atoms with Crippen molar-refractivity contribution in [1.82, 2.24) is 10.2 Å². The summed E-state index contributed by atoms with van der Waals surface area (Å²) in [4.78, 5) is 26.2. The van der Waals surface area contributed by atoms with Gasteiger partial charge in [0, 0.05) is 24.4 Å². The lowest BCUT2D eigenvalue weighted by molar-refractivity contribution is -0.150. The fourth-order valence-electron chi connectivity index (χ4n) is 5.75. The number of aliphatic hydroxyl groups is 1. The van der Waals surface area contributed by atoms with E-state index in [1.54, 1.807) is 7.11 Å². The van der Waals surface area contributed by atoms with Gasteiger partial charge >= 0.3 is 0 Å². The highest BCUT2D eigenvalue weighted by Crippen LogP contribution is 2.51. The average molecular weight is 510 g/mol. The fourth-order valence-corrected chi connectivity index (χ4v) is 5.75. The minimum atomic E-state index is -1.20. The smallest absolute Gasteiger partial charge is 0.227 e. The molecular formula is C30H43N3O4. The molecule has 3 rings (SSSR count). The van der Waals surface area contributed by atoms with Crippen LogP contribution in [0.25, 0.3) is 6.08 Å². The molecule has 7 nitrogen and oxygen atoms in total. The van der Waals surface area contributed by atoms with Gasteiger partial charge in [0.1, 0.15) is 5.75 Å². The Morgan fingerprint density at radius 3 is 2.57 bits per heavy atom. The van der Waals surface area contributed by atoms with Crippen molar-refractivity contribution in [3.05, 3.63) is 71.3 Å². The second kappa shape index (κ2) is 14.1. The number of benzene rings is 2. The Kier molecular flexibility index (Phi) is 11.5. The molecule has 1 aliphatic heterocycles. The molecule has 1 saturated heterocycles. The van der Waals surface area contributed by atoms with Gasteiger partial charge in [-0.25, -0.2) is 0 Å². The topological polar surface area (TPSA) is 105 Å². The van der Waals surface area contributed by atoms with Crippen LogP contribution in [0.2, 0.25) is 0 Å². The number of likely N-dealkylation sites (tertiary alicyclic amines) is 1. The highest BCUT2D eigenvalue weighted by atomic mass is 16.5. The first-order valence-electron chi connectivity index (χ1n) is 12.9. The van der Waals surface area contributed by atoms with Gasteiger partial charge in [-0.3, -0.25) is 19.8 Å². The summed E-state index contributed by atoms with van der Waals surface area (Å²) < 4.78 is 5.51. The van der Waals surface area contributed by atoms with Crippen LogP contribution in [-0.4, -0.2) is 61.2 Å². The van der Waals surface area contributed by atoms with Gasteiger partial charge in [-0.2, -0.15) is 0 Å². The van der Waals surface area contributed by atoms with E-state index in [1.807, 2.05) is 57.2 Å². The number of hydrogen-bond donors (Lipinski definition) is 3. The van der Waals surface area contributed by atoms with Gasteiger partial charge in [0.25, 0.3) is 0 Å². The molecule has 0 saturated carbocycles. The van der Waals surface area contributed by atoms with E-state index in [4.69, 9.17) is 4.74 Å². The van der Waals surface area contributed by atoms with Crippen LogP contribution >= 0.6 is 0 Å². The van der Waals surface area contributed by atoms with E-state index >= 15 is 0 Å². The van der Waals surface area contributed by atoms with Crippen LogP contribution < -0.4 is 15.8 Å². The van der Waals surface area contributed by atoms with Crippen LogP contribution in [0.1, 0.15) is 56.2 Å². The molecule has 0 aromatic heterocycles. The number of nitrogens with zero attached hydrogens (tertiary/aromatic N) is 1. The summed E-state index contributed by atoms with van der Waals surface area (Å²) in [5.74, 6) is 0.293. The van der Waals surface area contributed by atoms with E-state index in [0.717, 1.165) is 23.1 Å². The number of nitrogens with two attached hydrogens (primary N) is 1. The summed E-state index contributed by atoms with van der Waals surface area (Å²) >= 11 is 0. The molecule has 4 N–H and O–H groups in total. The fraction of sp³-hybridized carbons (Fsp3) is 0.467. The molecule has 0 radical (unpaired) electrons. The Labute approximate surface area is 221 Å². The molecule has 0 aliphatic carbocycles.